The first-order valence-corrected chi connectivity index (χ1v) is 5.98. The second kappa shape index (κ2) is 3.71. The molecule has 13 heavy (non-hydrogen) atoms. The first-order chi connectivity index (χ1) is 6.20. The third-order valence-corrected chi connectivity index (χ3v) is 3.85. The second-order valence-corrected chi connectivity index (χ2v) is 5.21. The van der Waals surface area contributed by atoms with Crippen molar-refractivity contribution in [3.8, 4) is 0 Å². The molecule has 0 unspecified atom stereocenters. The average molecular weight is 305 g/mol. The van der Waals surface area contributed by atoms with E-state index in [1.165, 1.54) is 18.4 Å². The summed E-state index contributed by atoms with van der Waals surface area (Å²) in [6, 6.07) is 6.28. The van der Waals surface area contributed by atoms with Gasteiger partial charge in [0.1, 0.15) is 0 Å². The second-order valence-electron chi connectivity index (χ2n) is 3.50. The Morgan fingerprint density at radius 1 is 1.23 bits per heavy atom. The van der Waals surface area contributed by atoms with E-state index in [4.69, 9.17) is 5.73 Å². The Labute approximate surface area is 95.0 Å². The normalized spacial score (nSPS) is 18.7. The fourth-order valence-corrected chi connectivity index (χ4v) is 3.05. The molecule has 2 rings (SSSR count). The van der Waals surface area contributed by atoms with Crippen LogP contribution in [0.15, 0.2) is 27.1 Å². The lowest BCUT2D eigenvalue weighted by atomic mass is 10.0. The molecule has 0 amide bonds. The molecule has 0 spiro atoms. The van der Waals surface area contributed by atoms with Crippen molar-refractivity contribution in [2.24, 2.45) is 11.7 Å². The number of rotatable bonds is 2. The zero-order valence-corrected chi connectivity index (χ0v) is 10.3. The predicted molar refractivity (Wildman–Crippen MR) is 61.5 cm³/mol. The number of halogens is 2. The maximum Gasteiger partial charge on any atom is 0.0346 e. The van der Waals surface area contributed by atoms with Gasteiger partial charge in [-0.2, -0.15) is 0 Å². The lowest BCUT2D eigenvalue weighted by molar-refractivity contribution is 0.628. The molecule has 0 aromatic heterocycles. The molecular weight excluding hydrogens is 294 g/mol. The smallest absolute Gasteiger partial charge is 0.0346 e. The summed E-state index contributed by atoms with van der Waals surface area (Å²) < 4.78 is 2.22. The summed E-state index contributed by atoms with van der Waals surface area (Å²) in [7, 11) is 0. The Morgan fingerprint density at radius 2 is 1.77 bits per heavy atom. The van der Waals surface area contributed by atoms with Gasteiger partial charge in [0.2, 0.25) is 0 Å². The largest absolute Gasteiger partial charge is 0.324 e. The van der Waals surface area contributed by atoms with Crippen molar-refractivity contribution in [3.05, 3.63) is 32.7 Å². The molecule has 1 fully saturated rings. The molecule has 0 radical (unpaired) electrons. The zero-order valence-electron chi connectivity index (χ0n) is 7.13. The molecule has 0 saturated heterocycles. The van der Waals surface area contributed by atoms with Gasteiger partial charge in [-0.1, -0.05) is 37.9 Å². The van der Waals surface area contributed by atoms with Crippen LogP contribution in [0, 0.1) is 5.92 Å². The van der Waals surface area contributed by atoms with E-state index in [-0.39, 0.29) is 6.04 Å². The van der Waals surface area contributed by atoms with E-state index in [1.807, 2.05) is 18.2 Å². The third kappa shape index (κ3) is 1.97. The van der Waals surface area contributed by atoms with Gasteiger partial charge in [-0.15, -0.1) is 0 Å². The summed E-state index contributed by atoms with van der Waals surface area (Å²) >= 11 is 7.07. The topological polar surface area (TPSA) is 26.0 Å². The summed E-state index contributed by atoms with van der Waals surface area (Å²) in [5.74, 6) is 0.690. The highest BCUT2D eigenvalue weighted by molar-refractivity contribution is 9.11. The van der Waals surface area contributed by atoms with Crippen LogP contribution in [0.1, 0.15) is 24.4 Å². The van der Waals surface area contributed by atoms with E-state index in [0.29, 0.717) is 5.92 Å². The van der Waals surface area contributed by atoms with E-state index in [9.17, 15) is 0 Å². The molecule has 1 aliphatic rings. The van der Waals surface area contributed by atoms with Crippen LogP contribution >= 0.6 is 31.9 Å². The van der Waals surface area contributed by atoms with E-state index in [0.717, 1.165) is 8.95 Å². The Balaban J connectivity index is 2.36. The summed E-state index contributed by atoms with van der Waals surface area (Å²) in [6.07, 6.45) is 2.55. The van der Waals surface area contributed by atoms with Gasteiger partial charge in [0.25, 0.3) is 0 Å². The number of benzene rings is 1. The van der Waals surface area contributed by atoms with E-state index >= 15 is 0 Å². The lowest BCUT2D eigenvalue weighted by Crippen LogP contribution is -2.13. The molecule has 1 saturated carbocycles. The minimum Gasteiger partial charge on any atom is -0.324 e. The monoisotopic (exact) mass is 303 g/mol. The van der Waals surface area contributed by atoms with Crippen LogP contribution in [0.4, 0.5) is 0 Å². The molecule has 1 atom stereocenters. The van der Waals surface area contributed by atoms with Gasteiger partial charge < -0.3 is 5.73 Å². The maximum absolute atomic E-state index is 6.14. The van der Waals surface area contributed by atoms with Crippen LogP contribution in [-0.4, -0.2) is 0 Å². The fraction of sp³-hybridized carbons (Fsp3) is 0.400. The van der Waals surface area contributed by atoms with Crippen molar-refractivity contribution in [2.75, 3.05) is 0 Å². The van der Waals surface area contributed by atoms with Crippen LogP contribution in [0.3, 0.4) is 0 Å². The van der Waals surface area contributed by atoms with Crippen molar-refractivity contribution in [3.63, 3.8) is 0 Å². The van der Waals surface area contributed by atoms with Crippen LogP contribution in [0.5, 0.6) is 0 Å². The Bertz CT molecular complexity index is 300. The maximum atomic E-state index is 6.14. The standard InChI is InChI=1S/C10H11Br2N/c11-7-2-1-3-8(12)9(7)10(13)6-4-5-6/h1-3,6,10H,4-5,13H2/t10-/m0/s1. The van der Waals surface area contributed by atoms with Gasteiger partial charge in [0, 0.05) is 15.0 Å². The number of hydrogen-bond acceptors (Lipinski definition) is 1. The predicted octanol–water partition coefficient (Wildman–Crippen LogP) is 3.62. The van der Waals surface area contributed by atoms with Crippen molar-refractivity contribution in [1.82, 2.24) is 0 Å². The molecule has 70 valence electrons. The SMILES string of the molecule is N[C@H](c1c(Br)cccc1Br)C1CC1. The molecule has 0 aliphatic heterocycles. The molecular formula is C10H11Br2N. The minimum atomic E-state index is 0.185. The molecule has 1 aromatic carbocycles. The van der Waals surface area contributed by atoms with Gasteiger partial charge in [0.15, 0.2) is 0 Å². The van der Waals surface area contributed by atoms with Crippen molar-refractivity contribution in [2.45, 2.75) is 18.9 Å². The fourth-order valence-electron chi connectivity index (χ4n) is 1.52. The molecule has 2 N–H and O–H groups in total. The first kappa shape index (κ1) is 9.69. The van der Waals surface area contributed by atoms with Gasteiger partial charge in [-0.25, -0.2) is 0 Å². The molecule has 0 heterocycles. The lowest BCUT2D eigenvalue weighted by Gasteiger charge is -2.14. The highest BCUT2D eigenvalue weighted by atomic mass is 79.9. The van der Waals surface area contributed by atoms with Gasteiger partial charge in [-0.05, 0) is 36.5 Å². The van der Waals surface area contributed by atoms with Gasteiger partial charge in [0.05, 0.1) is 0 Å². The van der Waals surface area contributed by atoms with Crippen LogP contribution < -0.4 is 5.73 Å². The van der Waals surface area contributed by atoms with Crippen LogP contribution in [0.2, 0.25) is 0 Å². The average Bonchev–Trinajstić information content (AvgIpc) is 2.85. The van der Waals surface area contributed by atoms with Crippen molar-refractivity contribution < 1.29 is 0 Å². The quantitative estimate of drug-likeness (QED) is 0.887. The van der Waals surface area contributed by atoms with Gasteiger partial charge in [-0.3, -0.25) is 0 Å². The summed E-state index contributed by atoms with van der Waals surface area (Å²) in [6.45, 7) is 0. The van der Waals surface area contributed by atoms with E-state index < -0.39 is 0 Å². The van der Waals surface area contributed by atoms with E-state index in [1.54, 1.807) is 0 Å². The van der Waals surface area contributed by atoms with E-state index in [2.05, 4.69) is 31.9 Å². The third-order valence-electron chi connectivity index (χ3n) is 2.46. The van der Waals surface area contributed by atoms with Crippen molar-refractivity contribution in [1.29, 1.82) is 0 Å². The molecule has 1 aromatic rings. The molecule has 1 aliphatic carbocycles. The highest BCUT2D eigenvalue weighted by Crippen LogP contribution is 2.43. The van der Waals surface area contributed by atoms with Crippen LogP contribution in [-0.2, 0) is 0 Å². The van der Waals surface area contributed by atoms with Crippen molar-refractivity contribution >= 4 is 31.9 Å². The zero-order chi connectivity index (χ0) is 9.42. The summed E-state index contributed by atoms with van der Waals surface area (Å²) in [4.78, 5) is 0. The molecule has 0 bridgehead atoms. The Morgan fingerprint density at radius 3 is 2.23 bits per heavy atom. The summed E-state index contributed by atoms with van der Waals surface area (Å²) in [5, 5.41) is 0. The minimum absolute atomic E-state index is 0.185. The van der Waals surface area contributed by atoms with Gasteiger partial charge >= 0.3 is 0 Å². The number of hydrogen-bond donors (Lipinski definition) is 1. The Hall–Kier alpha value is 0.140. The summed E-state index contributed by atoms with van der Waals surface area (Å²) in [5.41, 5.74) is 7.35. The first-order valence-electron chi connectivity index (χ1n) is 4.39. The molecule has 1 nitrogen and oxygen atoms in total. The number of nitrogens with two attached hydrogens (primary N) is 1. The Kier molecular flexibility index (Phi) is 2.77. The van der Waals surface area contributed by atoms with Crippen LogP contribution in [0.25, 0.3) is 0 Å². The molecule has 3 heteroatoms. The highest BCUT2D eigenvalue weighted by Gasteiger charge is 2.31.